The second-order valence-electron chi connectivity index (χ2n) is 13.3. The van der Waals surface area contributed by atoms with Crippen molar-refractivity contribution in [2.24, 2.45) is 0 Å². The van der Waals surface area contributed by atoms with E-state index in [4.69, 9.17) is 0 Å². The quantitative estimate of drug-likeness (QED) is 0.166. The summed E-state index contributed by atoms with van der Waals surface area (Å²) in [6, 6.07) is 64.0. The molecule has 0 radical (unpaired) electrons. The van der Waals surface area contributed by atoms with Crippen molar-refractivity contribution < 1.29 is 0 Å². The molecule has 1 heteroatoms. The van der Waals surface area contributed by atoms with E-state index in [1.54, 1.807) is 0 Å². The third-order valence-electron chi connectivity index (χ3n) is 10.6. The summed E-state index contributed by atoms with van der Waals surface area (Å²) in [7, 11) is 0. The second kappa shape index (κ2) is 12.5. The van der Waals surface area contributed by atoms with Crippen molar-refractivity contribution in [3.8, 4) is 33.4 Å². The van der Waals surface area contributed by atoms with Crippen molar-refractivity contribution in [3.63, 3.8) is 0 Å². The van der Waals surface area contributed by atoms with Crippen LogP contribution in [0.2, 0.25) is 0 Å². The third-order valence-corrected chi connectivity index (χ3v) is 10.6. The van der Waals surface area contributed by atoms with Gasteiger partial charge in [0.25, 0.3) is 0 Å². The predicted octanol–water partition coefficient (Wildman–Crippen LogP) is 13.3. The molecule has 2 aliphatic carbocycles. The summed E-state index contributed by atoms with van der Waals surface area (Å²) < 4.78 is 0. The predicted molar refractivity (Wildman–Crippen MR) is 216 cm³/mol. The van der Waals surface area contributed by atoms with Crippen LogP contribution in [0.1, 0.15) is 29.2 Å². The molecule has 0 heterocycles. The van der Waals surface area contributed by atoms with Crippen LogP contribution in [-0.2, 0) is 5.41 Å². The van der Waals surface area contributed by atoms with Gasteiger partial charge in [-0.1, -0.05) is 164 Å². The lowest BCUT2D eigenvalue weighted by Gasteiger charge is -2.33. The first-order valence-electron chi connectivity index (χ1n) is 17.7. The first-order valence-corrected chi connectivity index (χ1v) is 17.7. The molecule has 1 nitrogen and oxygen atoms in total. The first kappa shape index (κ1) is 30.6. The number of hydrogen-bond donors (Lipinski definition) is 0. The zero-order valence-corrected chi connectivity index (χ0v) is 28.6. The molecule has 242 valence electrons. The summed E-state index contributed by atoms with van der Waals surface area (Å²) in [5.74, 6) is 0. The molecule has 1 spiro atoms. The molecule has 0 N–H and O–H groups in total. The maximum atomic E-state index is 4.44. The summed E-state index contributed by atoms with van der Waals surface area (Å²) in [4.78, 5) is 2.39. The summed E-state index contributed by atoms with van der Waals surface area (Å²) >= 11 is 0. The topological polar surface area (TPSA) is 3.24 Å². The van der Waals surface area contributed by atoms with E-state index in [0.717, 1.165) is 17.1 Å². The zero-order chi connectivity index (χ0) is 34.4. The number of rotatable bonds is 7. The van der Waals surface area contributed by atoms with Crippen molar-refractivity contribution in [2.45, 2.75) is 12.3 Å². The van der Waals surface area contributed by atoms with Gasteiger partial charge in [-0.05, 0) is 110 Å². The molecule has 7 aromatic rings. The van der Waals surface area contributed by atoms with Crippen molar-refractivity contribution in [1.29, 1.82) is 0 Å². The molecule has 0 bridgehead atoms. The van der Waals surface area contributed by atoms with Crippen LogP contribution in [0, 0.1) is 0 Å². The molecule has 0 amide bonds. The first-order chi connectivity index (χ1) is 25.2. The Labute approximate surface area is 300 Å². The van der Waals surface area contributed by atoms with Gasteiger partial charge in [0.2, 0.25) is 0 Å². The molecule has 1 atom stereocenters. The van der Waals surface area contributed by atoms with Gasteiger partial charge < -0.3 is 4.90 Å². The highest BCUT2D eigenvalue weighted by molar-refractivity contribution is 5.98. The van der Waals surface area contributed by atoms with Gasteiger partial charge >= 0.3 is 0 Å². The van der Waals surface area contributed by atoms with Gasteiger partial charge in [0.1, 0.15) is 0 Å². The maximum absolute atomic E-state index is 4.44. The Morgan fingerprint density at radius 2 is 0.902 bits per heavy atom. The van der Waals surface area contributed by atoms with Crippen LogP contribution in [0.3, 0.4) is 0 Å². The fraction of sp³-hybridized carbons (Fsp3) is 0.0400. The maximum Gasteiger partial charge on any atom is 0.0726 e. The zero-order valence-electron chi connectivity index (χ0n) is 28.6. The van der Waals surface area contributed by atoms with Crippen LogP contribution in [0.25, 0.3) is 39.0 Å². The molecule has 0 aromatic heterocycles. The van der Waals surface area contributed by atoms with Crippen LogP contribution >= 0.6 is 0 Å². The largest absolute Gasteiger partial charge is 0.310 e. The average Bonchev–Trinajstić information content (AvgIpc) is 3.65. The minimum atomic E-state index is -0.477. The number of benzene rings is 7. The molecule has 9 rings (SSSR count). The molecule has 0 fully saturated rings. The Bertz CT molecular complexity index is 2380. The van der Waals surface area contributed by atoms with Gasteiger partial charge in [0.05, 0.1) is 5.41 Å². The number of nitrogens with zero attached hydrogens (tertiary/aromatic N) is 1. The van der Waals surface area contributed by atoms with E-state index < -0.39 is 5.41 Å². The monoisotopic (exact) mass is 651 g/mol. The highest BCUT2D eigenvalue weighted by Gasteiger charge is 2.51. The Morgan fingerprint density at radius 1 is 0.451 bits per heavy atom. The summed E-state index contributed by atoms with van der Waals surface area (Å²) in [5.41, 5.74) is 17.8. The minimum Gasteiger partial charge on any atom is -0.310 e. The van der Waals surface area contributed by atoms with Gasteiger partial charge in [-0.2, -0.15) is 0 Å². The van der Waals surface area contributed by atoms with Gasteiger partial charge in [-0.25, -0.2) is 0 Å². The number of anilines is 3. The molecule has 51 heavy (non-hydrogen) atoms. The van der Waals surface area contributed by atoms with Crippen LogP contribution in [0.15, 0.2) is 206 Å². The molecule has 0 aliphatic heterocycles. The minimum absolute atomic E-state index is 0.477. The van der Waals surface area contributed by atoms with Crippen LogP contribution < -0.4 is 4.90 Å². The Kier molecular flexibility index (Phi) is 7.48. The van der Waals surface area contributed by atoms with Crippen LogP contribution in [-0.4, -0.2) is 0 Å². The number of hydrogen-bond acceptors (Lipinski definition) is 1. The van der Waals surface area contributed by atoms with Crippen LogP contribution in [0.4, 0.5) is 17.1 Å². The van der Waals surface area contributed by atoms with Gasteiger partial charge in [-0.15, -0.1) is 0 Å². The standard InChI is InChI=1S/C50H37N/c1-3-15-42-43-20-11-13-22-47(43)50(46(42)4-2)48-23-14-12-21-44(48)45-33-32-41(34-49(45)50)51(39-28-24-37(25-29-39)35-16-7-5-8-17-35)40-30-26-38(27-31-40)36-18-9-6-10-19-36/h3-34H,2H2,1H3/b15-3-. The SMILES string of the molecule is C=CC1=C(/C=C\C)c2ccccc2C12c1ccccc1-c1ccc(N(c3ccc(-c4ccccc4)cc3)c3ccc(-c4ccccc4)cc3)cc12. The molecular weight excluding hydrogens is 615 g/mol. The van der Waals surface area contributed by atoms with Crippen LogP contribution in [0.5, 0.6) is 0 Å². The van der Waals surface area contributed by atoms with E-state index >= 15 is 0 Å². The van der Waals surface area contributed by atoms with E-state index in [-0.39, 0.29) is 0 Å². The smallest absolute Gasteiger partial charge is 0.0726 e. The Balaban J connectivity index is 1.26. The number of fused-ring (bicyclic) bond motifs is 7. The molecule has 1 unspecified atom stereocenters. The Morgan fingerprint density at radius 3 is 1.45 bits per heavy atom. The van der Waals surface area contributed by atoms with Crippen molar-refractivity contribution in [1.82, 2.24) is 0 Å². The van der Waals surface area contributed by atoms with E-state index in [1.807, 2.05) is 0 Å². The average molecular weight is 652 g/mol. The summed E-state index contributed by atoms with van der Waals surface area (Å²) in [6.07, 6.45) is 6.49. The highest BCUT2D eigenvalue weighted by atomic mass is 15.1. The summed E-state index contributed by atoms with van der Waals surface area (Å²) in [5, 5.41) is 0. The lowest BCUT2D eigenvalue weighted by atomic mass is 9.69. The molecular formula is C50H37N. The van der Waals surface area contributed by atoms with Crippen molar-refractivity contribution >= 4 is 22.6 Å². The molecule has 7 aromatic carbocycles. The summed E-state index contributed by atoms with van der Waals surface area (Å²) in [6.45, 7) is 6.54. The lowest BCUT2D eigenvalue weighted by Crippen LogP contribution is -2.27. The van der Waals surface area contributed by atoms with E-state index in [2.05, 4.69) is 213 Å². The molecule has 0 saturated heterocycles. The second-order valence-corrected chi connectivity index (χ2v) is 13.3. The van der Waals surface area contributed by atoms with Gasteiger partial charge in [0.15, 0.2) is 0 Å². The van der Waals surface area contributed by atoms with Gasteiger partial charge in [-0.3, -0.25) is 0 Å². The number of allylic oxidation sites excluding steroid dienone is 5. The fourth-order valence-electron chi connectivity index (χ4n) is 8.45. The third kappa shape index (κ3) is 4.77. The van der Waals surface area contributed by atoms with E-state index in [0.29, 0.717) is 0 Å². The lowest BCUT2D eigenvalue weighted by molar-refractivity contribution is 0.786. The van der Waals surface area contributed by atoms with Crippen molar-refractivity contribution in [3.05, 3.63) is 229 Å². The molecule has 0 saturated carbocycles. The fourth-order valence-corrected chi connectivity index (χ4v) is 8.45. The Hall–Kier alpha value is -6.44. The van der Waals surface area contributed by atoms with E-state index in [1.165, 1.54) is 66.8 Å². The van der Waals surface area contributed by atoms with Gasteiger partial charge in [0, 0.05) is 17.1 Å². The van der Waals surface area contributed by atoms with Crippen molar-refractivity contribution in [2.75, 3.05) is 4.90 Å². The normalized spacial score (nSPS) is 15.5. The van der Waals surface area contributed by atoms with E-state index in [9.17, 15) is 0 Å². The molecule has 2 aliphatic rings. The highest BCUT2D eigenvalue weighted by Crippen LogP contribution is 2.62.